The van der Waals surface area contributed by atoms with Crippen molar-refractivity contribution in [3.05, 3.63) is 71.8 Å². The van der Waals surface area contributed by atoms with E-state index in [0.717, 1.165) is 6.42 Å². The Labute approximate surface area is 126 Å². The topological polar surface area (TPSA) is 18.5 Å². The van der Waals surface area contributed by atoms with Crippen molar-refractivity contribution in [2.24, 2.45) is 5.92 Å². The van der Waals surface area contributed by atoms with Crippen LogP contribution in [0.25, 0.3) is 0 Å². The van der Waals surface area contributed by atoms with Gasteiger partial charge in [0, 0.05) is 13.0 Å². The highest BCUT2D eigenvalue weighted by Crippen LogP contribution is 2.48. The first-order chi connectivity index (χ1) is 10.3. The van der Waals surface area contributed by atoms with Crippen molar-refractivity contribution in [1.82, 2.24) is 0 Å². The predicted octanol–water partition coefficient (Wildman–Crippen LogP) is 4.35. The fourth-order valence-electron chi connectivity index (χ4n) is 3.36. The van der Waals surface area contributed by atoms with Crippen molar-refractivity contribution in [2.45, 2.75) is 32.2 Å². The Bertz CT molecular complexity index is 525. The van der Waals surface area contributed by atoms with Gasteiger partial charge in [-0.1, -0.05) is 67.6 Å². The van der Waals surface area contributed by atoms with Crippen LogP contribution >= 0.6 is 0 Å². The summed E-state index contributed by atoms with van der Waals surface area (Å²) in [5, 5.41) is 0. The molecule has 21 heavy (non-hydrogen) atoms. The lowest BCUT2D eigenvalue weighted by Crippen LogP contribution is -2.33. The van der Waals surface area contributed by atoms with Gasteiger partial charge in [-0.25, -0.2) is 0 Å². The summed E-state index contributed by atoms with van der Waals surface area (Å²) in [7, 11) is 0. The molecule has 1 aliphatic rings. The van der Waals surface area contributed by atoms with Crippen LogP contribution in [0.4, 0.5) is 0 Å². The van der Waals surface area contributed by atoms with Crippen molar-refractivity contribution in [3.63, 3.8) is 0 Å². The van der Waals surface area contributed by atoms with Gasteiger partial charge in [-0.3, -0.25) is 0 Å². The van der Waals surface area contributed by atoms with Crippen molar-refractivity contribution >= 4 is 0 Å². The smallest absolute Gasteiger partial charge is 0.159 e. The van der Waals surface area contributed by atoms with E-state index >= 15 is 0 Å². The molecular weight excluding hydrogens is 260 g/mol. The third-order valence-corrected chi connectivity index (χ3v) is 4.32. The van der Waals surface area contributed by atoms with E-state index in [9.17, 15) is 0 Å². The average Bonchev–Trinajstić information content (AvgIpc) is 2.87. The fourth-order valence-corrected chi connectivity index (χ4v) is 3.36. The van der Waals surface area contributed by atoms with Gasteiger partial charge < -0.3 is 9.47 Å². The summed E-state index contributed by atoms with van der Waals surface area (Å²) < 4.78 is 12.2. The lowest BCUT2D eigenvalue weighted by Gasteiger charge is -2.34. The highest BCUT2D eigenvalue weighted by atomic mass is 16.7. The molecule has 2 unspecified atom stereocenters. The first-order valence-corrected chi connectivity index (χ1v) is 7.68. The van der Waals surface area contributed by atoms with Gasteiger partial charge in [0.1, 0.15) is 5.60 Å². The number of ether oxygens (including phenoxy) is 2. The Kier molecular flexibility index (Phi) is 4.09. The maximum Gasteiger partial charge on any atom is 0.159 e. The molecule has 1 fully saturated rings. The van der Waals surface area contributed by atoms with E-state index in [1.165, 1.54) is 11.1 Å². The lowest BCUT2D eigenvalue weighted by atomic mass is 9.77. The maximum atomic E-state index is 6.45. The average molecular weight is 282 g/mol. The van der Waals surface area contributed by atoms with E-state index in [1.54, 1.807) is 0 Å². The molecule has 0 aliphatic carbocycles. The molecule has 2 nitrogen and oxygen atoms in total. The van der Waals surface area contributed by atoms with Gasteiger partial charge in [-0.05, 0) is 24.0 Å². The molecule has 1 saturated heterocycles. The largest absolute Gasteiger partial charge is 0.353 e. The molecule has 0 saturated carbocycles. The molecule has 0 bridgehead atoms. The van der Waals surface area contributed by atoms with Crippen LogP contribution < -0.4 is 0 Å². The Morgan fingerprint density at radius 2 is 1.52 bits per heavy atom. The molecule has 2 heteroatoms. The quantitative estimate of drug-likeness (QED) is 0.830. The molecule has 0 radical (unpaired) electrons. The second-order valence-electron chi connectivity index (χ2n) is 5.61. The first kappa shape index (κ1) is 14.3. The molecule has 2 aromatic rings. The van der Waals surface area contributed by atoms with Gasteiger partial charge in [-0.15, -0.1) is 0 Å². The van der Waals surface area contributed by atoms with Crippen LogP contribution in [0.3, 0.4) is 0 Å². The number of benzene rings is 2. The van der Waals surface area contributed by atoms with Crippen molar-refractivity contribution in [2.75, 3.05) is 6.61 Å². The van der Waals surface area contributed by atoms with Gasteiger partial charge in [-0.2, -0.15) is 0 Å². The summed E-state index contributed by atoms with van der Waals surface area (Å²) in [5.41, 5.74) is 1.99. The second-order valence-corrected chi connectivity index (χ2v) is 5.61. The van der Waals surface area contributed by atoms with E-state index in [4.69, 9.17) is 9.47 Å². The summed E-state index contributed by atoms with van der Waals surface area (Å²) in [5.74, 6) is 0.360. The van der Waals surface area contributed by atoms with Crippen LogP contribution in [0.1, 0.15) is 31.4 Å². The zero-order chi connectivity index (χ0) is 14.7. The van der Waals surface area contributed by atoms with Gasteiger partial charge in [0.15, 0.2) is 6.29 Å². The van der Waals surface area contributed by atoms with Gasteiger partial charge in [0.05, 0.1) is 0 Å². The first-order valence-electron chi connectivity index (χ1n) is 7.68. The van der Waals surface area contributed by atoms with Crippen molar-refractivity contribution in [1.29, 1.82) is 0 Å². The molecule has 0 aromatic heterocycles. The predicted molar refractivity (Wildman–Crippen MR) is 83.9 cm³/mol. The van der Waals surface area contributed by atoms with Crippen molar-refractivity contribution < 1.29 is 9.47 Å². The molecule has 1 aliphatic heterocycles. The highest BCUT2D eigenvalue weighted by molar-refractivity contribution is 5.38. The van der Waals surface area contributed by atoms with E-state index in [2.05, 4.69) is 55.5 Å². The molecule has 0 amide bonds. The minimum absolute atomic E-state index is 0.134. The Morgan fingerprint density at radius 3 is 2.00 bits per heavy atom. The van der Waals surface area contributed by atoms with E-state index < -0.39 is 5.60 Å². The van der Waals surface area contributed by atoms with E-state index in [1.807, 2.05) is 19.1 Å². The summed E-state index contributed by atoms with van der Waals surface area (Å²) in [6.07, 6.45) is 0.780. The molecule has 2 aromatic carbocycles. The molecule has 0 N–H and O–H groups in total. The molecular formula is C19H22O2. The fraction of sp³-hybridized carbons (Fsp3) is 0.368. The standard InChI is InChI=1S/C19H22O2/c1-3-20-18-14-15(2)19(21-18,16-10-6-4-7-11-16)17-12-8-5-9-13-17/h4-13,15,18H,3,14H2,1-2H3. The van der Waals surface area contributed by atoms with Crippen LogP contribution in [0.2, 0.25) is 0 Å². The summed E-state index contributed by atoms with van der Waals surface area (Å²) in [6.45, 7) is 4.94. The Morgan fingerprint density at radius 1 is 1.00 bits per heavy atom. The van der Waals surface area contributed by atoms with E-state index in [0.29, 0.717) is 12.5 Å². The van der Waals surface area contributed by atoms with Gasteiger partial charge in [0.25, 0.3) is 0 Å². The van der Waals surface area contributed by atoms with Crippen LogP contribution in [0.5, 0.6) is 0 Å². The molecule has 3 rings (SSSR count). The third-order valence-electron chi connectivity index (χ3n) is 4.32. The van der Waals surface area contributed by atoms with Crippen LogP contribution in [-0.4, -0.2) is 12.9 Å². The zero-order valence-corrected chi connectivity index (χ0v) is 12.7. The zero-order valence-electron chi connectivity index (χ0n) is 12.7. The normalized spacial score (nSPS) is 24.1. The third kappa shape index (κ3) is 2.50. The lowest BCUT2D eigenvalue weighted by molar-refractivity contribution is -0.159. The van der Waals surface area contributed by atoms with Crippen LogP contribution in [0, 0.1) is 5.92 Å². The minimum atomic E-state index is -0.414. The Hall–Kier alpha value is -1.64. The van der Waals surface area contributed by atoms with Crippen LogP contribution in [-0.2, 0) is 15.1 Å². The summed E-state index contributed by atoms with van der Waals surface area (Å²) >= 11 is 0. The monoisotopic (exact) mass is 282 g/mol. The SMILES string of the molecule is CCOC1CC(C)C(c2ccccc2)(c2ccccc2)O1. The molecule has 110 valence electrons. The van der Waals surface area contributed by atoms with E-state index in [-0.39, 0.29) is 6.29 Å². The van der Waals surface area contributed by atoms with Gasteiger partial charge >= 0.3 is 0 Å². The van der Waals surface area contributed by atoms with Gasteiger partial charge in [0.2, 0.25) is 0 Å². The number of rotatable bonds is 4. The molecule has 0 spiro atoms. The highest BCUT2D eigenvalue weighted by Gasteiger charge is 2.49. The Balaban J connectivity index is 2.08. The molecule has 1 heterocycles. The summed E-state index contributed by atoms with van der Waals surface area (Å²) in [4.78, 5) is 0. The minimum Gasteiger partial charge on any atom is -0.353 e. The number of hydrogen-bond acceptors (Lipinski definition) is 2. The van der Waals surface area contributed by atoms with Crippen LogP contribution in [0.15, 0.2) is 60.7 Å². The second kappa shape index (κ2) is 6.00. The maximum absolute atomic E-state index is 6.45. The number of hydrogen-bond donors (Lipinski definition) is 0. The van der Waals surface area contributed by atoms with Crippen molar-refractivity contribution in [3.8, 4) is 0 Å². The molecule has 2 atom stereocenters. The summed E-state index contributed by atoms with van der Waals surface area (Å²) in [6, 6.07) is 21.0.